The molecule has 0 saturated carbocycles. The monoisotopic (exact) mass is 311 g/mol. The Balaban J connectivity index is 3.17. The molecule has 0 aliphatic carbocycles. The number of aromatic carboxylic acids is 1. The van der Waals surface area contributed by atoms with Crippen LogP contribution in [0, 0.1) is 5.82 Å². The highest BCUT2D eigenvalue weighted by Gasteiger charge is 2.21. The average molecular weight is 312 g/mol. The standard InChI is InChI=1S/C10H11ClFNO5S/c11-9-7(10(15)16)4-6(5-8(9)12)19(17,18)13-2-1-3-14/h4-5,13-14H,1-3H2,(H,15,16). The lowest BCUT2D eigenvalue weighted by atomic mass is 10.2. The lowest BCUT2D eigenvalue weighted by molar-refractivity contribution is 0.0696. The van der Waals surface area contributed by atoms with E-state index >= 15 is 0 Å². The molecule has 0 aliphatic rings. The van der Waals surface area contributed by atoms with Crippen LogP contribution in [0.1, 0.15) is 16.8 Å². The topological polar surface area (TPSA) is 104 Å². The molecule has 3 N–H and O–H groups in total. The first-order valence-electron chi connectivity index (χ1n) is 5.12. The SMILES string of the molecule is O=C(O)c1cc(S(=O)(=O)NCCCO)cc(F)c1Cl. The van der Waals surface area contributed by atoms with E-state index in [4.69, 9.17) is 21.8 Å². The fraction of sp³-hybridized carbons (Fsp3) is 0.300. The smallest absolute Gasteiger partial charge is 0.337 e. The van der Waals surface area contributed by atoms with Crippen LogP contribution in [-0.2, 0) is 10.0 Å². The molecule has 0 bridgehead atoms. The molecule has 0 unspecified atom stereocenters. The molecule has 0 saturated heterocycles. The zero-order valence-electron chi connectivity index (χ0n) is 9.56. The summed E-state index contributed by atoms with van der Waals surface area (Å²) in [6.07, 6.45) is 0.182. The maximum absolute atomic E-state index is 13.4. The van der Waals surface area contributed by atoms with Gasteiger partial charge in [0.05, 0.1) is 15.5 Å². The predicted molar refractivity (Wildman–Crippen MR) is 65.3 cm³/mol. The number of aliphatic hydroxyl groups is 1. The molecule has 1 aromatic rings. The Kier molecular flexibility index (Phi) is 5.24. The summed E-state index contributed by atoms with van der Waals surface area (Å²) in [4.78, 5) is 10.3. The van der Waals surface area contributed by atoms with Gasteiger partial charge in [0.1, 0.15) is 5.82 Å². The molecule has 0 atom stereocenters. The summed E-state index contributed by atoms with van der Waals surface area (Å²) in [5, 5.41) is 16.7. The molecule has 0 radical (unpaired) electrons. The quantitative estimate of drug-likeness (QED) is 0.675. The molecule has 0 heterocycles. The van der Waals surface area contributed by atoms with Crippen molar-refractivity contribution in [3.05, 3.63) is 28.5 Å². The van der Waals surface area contributed by atoms with Crippen LogP contribution >= 0.6 is 11.6 Å². The number of nitrogens with one attached hydrogen (secondary N) is 1. The number of carbonyl (C=O) groups is 1. The predicted octanol–water partition coefficient (Wildman–Crippen LogP) is 0.838. The van der Waals surface area contributed by atoms with Crippen LogP contribution in [0.4, 0.5) is 4.39 Å². The van der Waals surface area contributed by atoms with Crippen molar-refractivity contribution >= 4 is 27.6 Å². The highest BCUT2D eigenvalue weighted by Crippen LogP contribution is 2.24. The summed E-state index contributed by atoms with van der Waals surface area (Å²) in [6.45, 7) is -0.261. The lowest BCUT2D eigenvalue weighted by Crippen LogP contribution is -2.25. The van der Waals surface area contributed by atoms with Gasteiger partial charge >= 0.3 is 5.97 Å². The minimum Gasteiger partial charge on any atom is -0.478 e. The molecule has 19 heavy (non-hydrogen) atoms. The number of hydrogen-bond acceptors (Lipinski definition) is 4. The van der Waals surface area contributed by atoms with E-state index in [1.165, 1.54) is 0 Å². The zero-order valence-corrected chi connectivity index (χ0v) is 11.1. The summed E-state index contributed by atoms with van der Waals surface area (Å²) < 4.78 is 39.0. The minimum atomic E-state index is -4.05. The number of carboxylic acids is 1. The zero-order chi connectivity index (χ0) is 14.6. The minimum absolute atomic E-state index is 0.0501. The van der Waals surface area contributed by atoms with Crippen molar-refractivity contribution < 1.29 is 27.8 Å². The fourth-order valence-corrected chi connectivity index (χ4v) is 2.55. The van der Waals surface area contributed by atoms with Gasteiger partial charge in [-0.2, -0.15) is 0 Å². The molecule has 0 aliphatic heterocycles. The van der Waals surface area contributed by atoms with Gasteiger partial charge in [-0.15, -0.1) is 0 Å². The third-order valence-corrected chi connectivity index (χ3v) is 3.99. The number of sulfonamides is 1. The molecule has 0 spiro atoms. The van der Waals surface area contributed by atoms with Crippen molar-refractivity contribution in [1.82, 2.24) is 4.72 Å². The second-order valence-corrected chi connectivity index (χ2v) is 5.69. The number of hydrogen-bond donors (Lipinski definition) is 3. The van der Waals surface area contributed by atoms with E-state index in [1.807, 2.05) is 0 Å². The van der Waals surface area contributed by atoms with Crippen molar-refractivity contribution in [3.63, 3.8) is 0 Å². The van der Waals surface area contributed by atoms with E-state index in [0.29, 0.717) is 6.07 Å². The lowest BCUT2D eigenvalue weighted by Gasteiger charge is -2.08. The largest absolute Gasteiger partial charge is 0.478 e. The summed E-state index contributed by atoms with van der Waals surface area (Å²) >= 11 is 5.43. The molecule has 0 aromatic heterocycles. The highest BCUT2D eigenvalue weighted by atomic mass is 35.5. The molecular weight excluding hydrogens is 301 g/mol. The van der Waals surface area contributed by atoms with Crippen LogP contribution in [0.2, 0.25) is 5.02 Å². The maximum Gasteiger partial charge on any atom is 0.337 e. The van der Waals surface area contributed by atoms with Gasteiger partial charge in [-0.1, -0.05) is 11.6 Å². The molecule has 1 rings (SSSR count). The van der Waals surface area contributed by atoms with Crippen molar-refractivity contribution in [3.8, 4) is 0 Å². The van der Waals surface area contributed by atoms with Gasteiger partial charge in [-0.25, -0.2) is 22.3 Å². The Morgan fingerprint density at radius 2 is 2.05 bits per heavy atom. The number of aliphatic hydroxyl groups excluding tert-OH is 1. The molecule has 0 amide bonds. The first-order chi connectivity index (χ1) is 8.79. The van der Waals surface area contributed by atoms with E-state index in [2.05, 4.69) is 4.72 Å². The van der Waals surface area contributed by atoms with Gasteiger partial charge in [0.2, 0.25) is 10.0 Å². The van der Waals surface area contributed by atoms with Gasteiger partial charge in [-0.05, 0) is 18.6 Å². The fourth-order valence-electron chi connectivity index (χ4n) is 1.24. The Bertz CT molecular complexity index is 590. The van der Waals surface area contributed by atoms with Crippen LogP contribution in [0.25, 0.3) is 0 Å². The van der Waals surface area contributed by atoms with Gasteiger partial charge in [0.25, 0.3) is 0 Å². The van der Waals surface area contributed by atoms with E-state index in [9.17, 15) is 17.6 Å². The van der Waals surface area contributed by atoms with Gasteiger partial charge in [0.15, 0.2) is 0 Å². The van der Waals surface area contributed by atoms with Gasteiger partial charge in [0, 0.05) is 13.2 Å². The summed E-state index contributed by atoms with van der Waals surface area (Å²) in [6, 6.07) is 1.41. The third-order valence-electron chi connectivity index (χ3n) is 2.17. The van der Waals surface area contributed by atoms with Crippen molar-refractivity contribution in [2.45, 2.75) is 11.3 Å². The third kappa shape index (κ3) is 3.87. The maximum atomic E-state index is 13.4. The molecule has 9 heteroatoms. The van der Waals surface area contributed by atoms with Crippen LogP contribution in [-0.4, -0.2) is 37.8 Å². The Morgan fingerprint density at radius 3 is 2.58 bits per heavy atom. The molecule has 106 valence electrons. The Morgan fingerprint density at radius 1 is 1.42 bits per heavy atom. The summed E-state index contributed by atoms with van der Waals surface area (Å²) in [5.41, 5.74) is -0.635. The normalized spacial score (nSPS) is 11.5. The van der Waals surface area contributed by atoms with E-state index < -0.39 is 37.3 Å². The molecule has 6 nitrogen and oxygen atoms in total. The first kappa shape index (κ1) is 15.8. The Labute approximate surface area is 113 Å². The number of carboxylic acid groups (broad SMARTS) is 1. The number of halogens is 2. The van der Waals surface area contributed by atoms with E-state index in [-0.39, 0.29) is 19.6 Å². The molecule has 1 aromatic carbocycles. The average Bonchev–Trinajstić information content (AvgIpc) is 2.32. The Hall–Kier alpha value is -1.22. The van der Waals surface area contributed by atoms with Crippen LogP contribution in [0.15, 0.2) is 17.0 Å². The second kappa shape index (κ2) is 6.29. The first-order valence-corrected chi connectivity index (χ1v) is 6.98. The van der Waals surface area contributed by atoms with Gasteiger partial charge < -0.3 is 10.2 Å². The van der Waals surface area contributed by atoms with E-state index in [1.54, 1.807) is 0 Å². The second-order valence-electron chi connectivity index (χ2n) is 3.55. The van der Waals surface area contributed by atoms with E-state index in [0.717, 1.165) is 6.07 Å². The van der Waals surface area contributed by atoms with Crippen LogP contribution < -0.4 is 4.72 Å². The summed E-state index contributed by atoms with van der Waals surface area (Å²) in [7, 11) is -4.05. The van der Waals surface area contributed by atoms with Crippen LogP contribution in [0.5, 0.6) is 0 Å². The van der Waals surface area contributed by atoms with Gasteiger partial charge in [-0.3, -0.25) is 0 Å². The summed E-state index contributed by atoms with van der Waals surface area (Å²) in [5.74, 6) is -2.67. The number of rotatable bonds is 6. The van der Waals surface area contributed by atoms with Crippen molar-refractivity contribution in [2.24, 2.45) is 0 Å². The highest BCUT2D eigenvalue weighted by molar-refractivity contribution is 7.89. The molecular formula is C10H11ClFNO5S. The number of benzene rings is 1. The van der Waals surface area contributed by atoms with Crippen LogP contribution in [0.3, 0.4) is 0 Å². The van der Waals surface area contributed by atoms with Crippen molar-refractivity contribution in [1.29, 1.82) is 0 Å². The molecule has 0 fully saturated rings. The van der Waals surface area contributed by atoms with Crippen molar-refractivity contribution in [2.75, 3.05) is 13.2 Å².